The Hall–Kier alpha value is -1.93. The molecule has 0 spiro atoms. The van der Waals surface area contributed by atoms with Crippen LogP contribution in [0.1, 0.15) is 55.6 Å². The molecule has 0 atom stereocenters. The van der Waals surface area contributed by atoms with Gasteiger partial charge in [-0.2, -0.15) is 0 Å². The summed E-state index contributed by atoms with van der Waals surface area (Å²) >= 11 is 0. The van der Waals surface area contributed by atoms with Gasteiger partial charge in [0.1, 0.15) is 7.05 Å². The topological polar surface area (TPSA) is 3.88 Å². The van der Waals surface area contributed by atoms with Gasteiger partial charge in [-0.3, -0.25) is 0 Å². The first-order valence-electron chi connectivity index (χ1n) is 11.6. The van der Waals surface area contributed by atoms with Gasteiger partial charge in [-0.15, -0.1) is 0 Å². The molecule has 2 aliphatic rings. The first-order valence-corrected chi connectivity index (χ1v) is 14.5. The molecule has 0 bridgehead atoms. The van der Waals surface area contributed by atoms with Crippen molar-refractivity contribution in [3.63, 3.8) is 0 Å². The zero-order chi connectivity index (χ0) is 20.0. The summed E-state index contributed by atoms with van der Waals surface area (Å²) in [6, 6.07) is 19.9. The zero-order valence-electron chi connectivity index (χ0n) is 18.3. The first kappa shape index (κ1) is 19.1. The van der Waals surface area contributed by atoms with Crippen molar-refractivity contribution in [3.05, 3.63) is 59.8 Å². The zero-order valence-corrected chi connectivity index (χ0v) is 19.3. The van der Waals surface area contributed by atoms with Gasteiger partial charge in [0.2, 0.25) is 5.69 Å². The SMILES string of the molecule is Cc1ccc(C2CCCC2)cc1-c1c2ccc([Si]3(C)CCCC3)cc2cc[n+]1C. The molecule has 0 N–H and O–H groups in total. The van der Waals surface area contributed by atoms with Gasteiger partial charge in [0.25, 0.3) is 0 Å². The lowest BCUT2D eigenvalue weighted by Gasteiger charge is -2.22. The average Bonchev–Trinajstić information content (AvgIpc) is 3.41. The number of fused-ring (bicyclic) bond motifs is 1. The van der Waals surface area contributed by atoms with E-state index in [-0.39, 0.29) is 0 Å². The van der Waals surface area contributed by atoms with Crippen molar-refractivity contribution in [1.82, 2.24) is 0 Å². The maximum absolute atomic E-state index is 2.60. The van der Waals surface area contributed by atoms with Gasteiger partial charge in [-0.1, -0.05) is 73.8 Å². The van der Waals surface area contributed by atoms with Crippen LogP contribution in [-0.2, 0) is 7.05 Å². The summed E-state index contributed by atoms with van der Waals surface area (Å²) in [6.45, 7) is 4.87. The van der Waals surface area contributed by atoms with Crippen LogP contribution in [0.4, 0.5) is 0 Å². The van der Waals surface area contributed by atoms with Gasteiger partial charge in [0.15, 0.2) is 6.20 Å². The minimum Gasteiger partial charge on any atom is -0.200 e. The number of aryl methyl sites for hydroxylation is 2. The molecular weight excluding hydrogens is 366 g/mol. The molecule has 2 fully saturated rings. The second-order valence-electron chi connectivity index (χ2n) is 9.90. The molecule has 3 aromatic rings. The number of nitrogens with zero attached hydrogens (tertiary/aromatic N) is 1. The largest absolute Gasteiger partial charge is 0.220 e. The summed E-state index contributed by atoms with van der Waals surface area (Å²) in [7, 11) is 0.971. The van der Waals surface area contributed by atoms with Crippen molar-refractivity contribution in [2.75, 3.05) is 0 Å². The van der Waals surface area contributed by atoms with Crippen LogP contribution in [0.15, 0.2) is 48.7 Å². The van der Waals surface area contributed by atoms with Crippen molar-refractivity contribution in [3.8, 4) is 11.3 Å². The Morgan fingerprint density at radius 2 is 1.66 bits per heavy atom. The Morgan fingerprint density at radius 1 is 0.897 bits per heavy atom. The Morgan fingerprint density at radius 3 is 2.41 bits per heavy atom. The summed E-state index contributed by atoms with van der Waals surface area (Å²) in [5.74, 6) is 0.759. The molecule has 2 heterocycles. The third kappa shape index (κ3) is 3.36. The number of hydrogen-bond donors (Lipinski definition) is 0. The Labute approximate surface area is 176 Å². The number of benzene rings is 2. The van der Waals surface area contributed by atoms with Crippen LogP contribution in [0, 0.1) is 6.92 Å². The van der Waals surface area contributed by atoms with Gasteiger partial charge in [-0.05, 0) is 54.3 Å². The van der Waals surface area contributed by atoms with E-state index >= 15 is 0 Å². The highest BCUT2D eigenvalue weighted by Gasteiger charge is 2.33. The van der Waals surface area contributed by atoms with Gasteiger partial charge < -0.3 is 0 Å². The fourth-order valence-corrected chi connectivity index (χ4v) is 9.81. The van der Waals surface area contributed by atoms with E-state index < -0.39 is 8.07 Å². The van der Waals surface area contributed by atoms with Crippen LogP contribution in [0.25, 0.3) is 22.0 Å². The standard InChI is InChI=1S/C27H34NSi/c1-20-10-11-22(21-8-4-5-9-21)19-26(20)27-25-13-12-24(29(3)16-6-7-17-29)18-23(25)14-15-28(27)2/h10-15,18-19,21H,4-9,16-17H2,1-3H3/q+1. The highest BCUT2D eigenvalue weighted by atomic mass is 28.3. The monoisotopic (exact) mass is 400 g/mol. The lowest BCUT2D eigenvalue weighted by molar-refractivity contribution is -0.659. The average molecular weight is 401 g/mol. The molecule has 0 radical (unpaired) electrons. The molecule has 150 valence electrons. The fraction of sp³-hybridized carbons (Fsp3) is 0.444. The van der Waals surface area contributed by atoms with E-state index in [2.05, 4.69) is 73.7 Å². The highest BCUT2D eigenvalue weighted by Crippen LogP contribution is 2.37. The molecular formula is C27H34NSi+. The lowest BCUT2D eigenvalue weighted by atomic mass is 9.91. The summed E-state index contributed by atoms with van der Waals surface area (Å²) in [4.78, 5) is 0. The summed E-state index contributed by atoms with van der Waals surface area (Å²) in [5.41, 5.74) is 5.72. The smallest absolute Gasteiger partial charge is 0.200 e. The van der Waals surface area contributed by atoms with E-state index in [0.717, 1.165) is 5.92 Å². The maximum atomic E-state index is 2.60. The fourth-order valence-electron chi connectivity index (χ4n) is 5.94. The second kappa shape index (κ2) is 7.39. The summed E-state index contributed by atoms with van der Waals surface area (Å²) in [5, 5.41) is 4.49. The molecule has 2 aromatic carbocycles. The van der Waals surface area contributed by atoms with Crippen LogP contribution in [-0.4, -0.2) is 8.07 Å². The number of rotatable bonds is 3. The van der Waals surface area contributed by atoms with Crippen LogP contribution in [0.3, 0.4) is 0 Å². The van der Waals surface area contributed by atoms with Crippen LogP contribution in [0.5, 0.6) is 0 Å². The third-order valence-electron chi connectivity index (χ3n) is 7.88. The first-order chi connectivity index (χ1) is 14.0. The molecule has 1 saturated heterocycles. The molecule has 1 aliphatic heterocycles. The van der Waals surface area contributed by atoms with E-state index in [0.29, 0.717) is 0 Å². The van der Waals surface area contributed by atoms with Gasteiger partial charge in [0.05, 0.1) is 13.5 Å². The van der Waals surface area contributed by atoms with E-state index in [1.54, 1.807) is 10.8 Å². The normalized spacial score (nSPS) is 19.3. The summed E-state index contributed by atoms with van der Waals surface area (Å²) in [6.07, 6.45) is 10.6. The predicted molar refractivity (Wildman–Crippen MR) is 127 cm³/mol. The Bertz CT molecular complexity index is 1060. The van der Waals surface area contributed by atoms with Gasteiger partial charge in [0, 0.05) is 11.6 Å². The second-order valence-corrected chi connectivity index (χ2v) is 14.6. The Balaban J connectivity index is 1.65. The molecule has 29 heavy (non-hydrogen) atoms. The van der Waals surface area contributed by atoms with Crippen LogP contribution < -0.4 is 9.75 Å². The third-order valence-corrected chi connectivity index (χ3v) is 12.5. The van der Waals surface area contributed by atoms with Crippen molar-refractivity contribution in [2.24, 2.45) is 7.05 Å². The molecule has 1 aromatic heterocycles. The van der Waals surface area contributed by atoms with Crippen molar-refractivity contribution >= 4 is 24.0 Å². The maximum Gasteiger partial charge on any atom is 0.220 e. The number of pyridine rings is 1. The molecule has 2 heteroatoms. The molecule has 1 saturated carbocycles. The minimum atomic E-state index is -1.23. The molecule has 0 unspecified atom stereocenters. The van der Waals surface area contributed by atoms with E-state index in [1.165, 1.54) is 78.2 Å². The molecule has 0 amide bonds. The summed E-state index contributed by atoms with van der Waals surface area (Å²) < 4.78 is 2.33. The Kier molecular flexibility index (Phi) is 4.86. The van der Waals surface area contributed by atoms with E-state index in [1.807, 2.05) is 0 Å². The molecule has 5 rings (SSSR count). The van der Waals surface area contributed by atoms with Crippen molar-refractivity contribution in [2.45, 2.75) is 70.0 Å². The number of hydrogen-bond acceptors (Lipinski definition) is 0. The van der Waals surface area contributed by atoms with E-state index in [4.69, 9.17) is 0 Å². The lowest BCUT2D eigenvalue weighted by Crippen LogP contribution is -2.41. The van der Waals surface area contributed by atoms with Gasteiger partial charge >= 0.3 is 0 Å². The highest BCUT2D eigenvalue weighted by molar-refractivity contribution is 6.91. The number of aromatic nitrogens is 1. The minimum absolute atomic E-state index is 0.759. The quantitative estimate of drug-likeness (QED) is 0.355. The van der Waals surface area contributed by atoms with Gasteiger partial charge in [-0.25, -0.2) is 4.57 Å². The van der Waals surface area contributed by atoms with Crippen LogP contribution in [0.2, 0.25) is 18.6 Å². The predicted octanol–water partition coefficient (Wildman–Crippen LogP) is 6.38. The molecule has 1 aliphatic carbocycles. The molecule has 1 nitrogen and oxygen atoms in total. The van der Waals surface area contributed by atoms with Crippen LogP contribution >= 0.6 is 0 Å². The van der Waals surface area contributed by atoms with Crippen molar-refractivity contribution in [1.29, 1.82) is 0 Å². The van der Waals surface area contributed by atoms with Crippen molar-refractivity contribution < 1.29 is 4.57 Å². The van der Waals surface area contributed by atoms with E-state index in [9.17, 15) is 0 Å².